The van der Waals surface area contributed by atoms with Crippen molar-refractivity contribution in [1.82, 2.24) is 4.98 Å². The van der Waals surface area contributed by atoms with Gasteiger partial charge in [-0.2, -0.15) is 0 Å². The van der Waals surface area contributed by atoms with Crippen molar-refractivity contribution >= 4 is 11.7 Å². The molecule has 0 radical (unpaired) electrons. The number of morpholine rings is 1. The topological polar surface area (TPSA) is 71.9 Å². The lowest BCUT2D eigenvalue weighted by molar-refractivity contribution is -0.142. The molecule has 0 bridgehead atoms. The van der Waals surface area contributed by atoms with Gasteiger partial charge in [0.15, 0.2) is 0 Å². The molecule has 6 heteroatoms. The number of nitrogens with zero attached hydrogens (tertiary/aromatic N) is 2. The van der Waals surface area contributed by atoms with Crippen molar-refractivity contribution in [1.29, 1.82) is 0 Å². The van der Waals surface area contributed by atoms with E-state index in [9.17, 15) is 4.79 Å². The summed E-state index contributed by atoms with van der Waals surface area (Å²) < 4.78 is 11.6. The Labute approximate surface area is 159 Å². The van der Waals surface area contributed by atoms with E-state index in [0.717, 1.165) is 23.5 Å². The summed E-state index contributed by atoms with van der Waals surface area (Å²) in [6, 6.07) is 10.2. The molecule has 3 rings (SSSR count). The van der Waals surface area contributed by atoms with Gasteiger partial charge >= 0.3 is 5.97 Å². The summed E-state index contributed by atoms with van der Waals surface area (Å²) in [7, 11) is 0. The highest BCUT2D eigenvalue weighted by Crippen LogP contribution is 2.24. The van der Waals surface area contributed by atoms with Crippen LogP contribution in [-0.2, 0) is 16.1 Å². The molecule has 0 saturated carbocycles. The molecule has 1 unspecified atom stereocenters. The number of aliphatic carboxylic acids is 1. The van der Waals surface area contributed by atoms with Gasteiger partial charge in [-0.3, -0.25) is 9.78 Å². The van der Waals surface area contributed by atoms with Crippen LogP contribution >= 0.6 is 0 Å². The molecule has 1 aliphatic heterocycles. The van der Waals surface area contributed by atoms with E-state index in [-0.39, 0.29) is 6.10 Å². The second-order valence-corrected chi connectivity index (χ2v) is 7.07. The zero-order valence-corrected chi connectivity index (χ0v) is 15.8. The van der Waals surface area contributed by atoms with E-state index in [0.29, 0.717) is 26.2 Å². The van der Waals surface area contributed by atoms with E-state index in [4.69, 9.17) is 14.6 Å². The molecule has 144 valence electrons. The first-order valence-electron chi connectivity index (χ1n) is 9.24. The largest absolute Gasteiger partial charge is 0.487 e. The van der Waals surface area contributed by atoms with E-state index in [1.807, 2.05) is 12.3 Å². The Morgan fingerprint density at radius 2 is 2.15 bits per heavy atom. The van der Waals surface area contributed by atoms with Crippen LogP contribution in [0.5, 0.6) is 5.75 Å². The van der Waals surface area contributed by atoms with Gasteiger partial charge in [-0.25, -0.2) is 0 Å². The third-order valence-electron chi connectivity index (χ3n) is 4.77. The summed E-state index contributed by atoms with van der Waals surface area (Å²) in [5, 5.41) is 9.10. The van der Waals surface area contributed by atoms with Crippen molar-refractivity contribution in [3.8, 4) is 5.75 Å². The molecule has 0 spiro atoms. The number of carboxylic acids is 1. The Kier molecular flexibility index (Phi) is 6.29. The normalized spacial score (nSPS) is 18.1. The Morgan fingerprint density at radius 3 is 2.89 bits per heavy atom. The maximum Gasteiger partial charge on any atom is 0.306 e. The van der Waals surface area contributed by atoms with Crippen molar-refractivity contribution in [3.63, 3.8) is 0 Å². The van der Waals surface area contributed by atoms with E-state index in [1.54, 1.807) is 13.1 Å². The fraction of sp³-hybridized carbons (Fsp3) is 0.429. The molecule has 2 atom stereocenters. The summed E-state index contributed by atoms with van der Waals surface area (Å²) in [4.78, 5) is 17.6. The van der Waals surface area contributed by atoms with Crippen LogP contribution in [0.25, 0.3) is 0 Å². The third kappa shape index (κ3) is 5.44. The molecular formula is C21H26N2O4. The van der Waals surface area contributed by atoms with Crippen LogP contribution in [0.1, 0.15) is 24.5 Å². The number of aryl methyl sites for hydroxylation is 1. The van der Waals surface area contributed by atoms with Crippen LogP contribution in [0, 0.1) is 12.8 Å². The van der Waals surface area contributed by atoms with Crippen LogP contribution < -0.4 is 9.64 Å². The van der Waals surface area contributed by atoms with E-state index < -0.39 is 11.9 Å². The number of carboxylic acid groups (broad SMARTS) is 1. The Bertz CT molecular complexity index is 763. The Morgan fingerprint density at radius 1 is 1.37 bits per heavy atom. The van der Waals surface area contributed by atoms with Crippen molar-refractivity contribution in [3.05, 3.63) is 53.9 Å². The number of carbonyl (C=O) groups is 1. The number of hydrogen-bond acceptors (Lipinski definition) is 5. The first kappa shape index (κ1) is 19.2. The lowest BCUT2D eigenvalue weighted by atomic mass is 10.0. The van der Waals surface area contributed by atoms with Gasteiger partial charge in [0.2, 0.25) is 0 Å². The molecule has 1 fully saturated rings. The maximum atomic E-state index is 11.1. The zero-order valence-electron chi connectivity index (χ0n) is 15.8. The molecule has 6 nitrogen and oxygen atoms in total. The van der Waals surface area contributed by atoms with Crippen molar-refractivity contribution in [2.45, 2.75) is 33.0 Å². The molecule has 0 aliphatic carbocycles. The predicted octanol–water partition coefficient (Wildman–Crippen LogP) is 3.29. The summed E-state index contributed by atoms with van der Waals surface area (Å²) in [5.74, 6) is -0.490. The van der Waals surface area contributed by atoms with Crippen LogP contribution in [0.15, 0.2) is 42.7 Å². The molecule has 2 heterocycles. The number of ether oxygens (including phenoxy) is 2. The Hall–Kier alpha value is -2.60. The number of benzene rings is 1. The van der Waals surface area contributed by atoms with Gasteiger partial charge in [-0.1, -0.05) is 36.8 Å². The standard InChI is InChI=1S/C21H26N2O4/c1-15-3-5-17(6-4-15)14-27-19-10-18(11-22-12-19)23-7-8-26-20(13-23)9-16(2)21(24)25/h3-6,10-12,16,20H,7-9,13-14H2,1-2H3,(H,24,25)/t16?,20-/m0/s1. The second kappa shape index (κ2) is 8.86. The van der Waals surface area contributed by atoms with Gasteiger partial charge in [0.05, 0.1) is 36.7 Å². The minimum Gasteiger partial charge on any atom is -0.487 e. The SMILES string of the molecule is Cc1ccc(COc2cncc(N3CCO[C@@H](CC(C)C(=O)O)C3)c2)cc1. The van der Waals surface area contributed by atoms with Crippen molar-refractivity contribution in [2.75, 3.05) is 24.6 Å². The predicted molar refractivity (Wildman–Crippen MR) is 103 cm³/mol. The van der Waals surface area contributed by atoms with Gasteiger partial charge in [-0.05, 0) is 18.9 Å². The van der Waals surface area contributed by atoms with Gasteiger partial charge in [0, 0.05) is 19.2 Å². The first-order chi connectivity index (χ1) is 13.0. The molecule has 0 amide bonds. The van der Waals surface area contributed by atoms with Gasteiger partial charge in [-0.15, -0.1) is 0 Å². The number of pyridine rings is 1. The number of rotatable bonds is 7. The van der Waals surface area contributed by atoms with Gasteiger partial charge in [0.1, 0.15) is 12.4 Å². The van der Waals surface area contributed by atoms with Crippen LogP contribution in [-0.4, -0.2) is 41.9 Å². The zero-order chi connectivity index (χ0) is 19.2. The lowest BCUT2D eigenvalue weighted by Gasteiger charge is -2.35. The van der Waals surface area contributed by atoms with E-state index >= 15 is 0 Å². The Balaban J connectivity index is 1.60. The summed E-state index contributed by atoms with van der Waals surface area (Å²) in [6.45, 7) is 6.25. The summed E-state index contributed by atoms with van der Waals surface area (Å²) in [6.07, 6.45) is 3.93. The second-order valence-electron chi connectivity index (χ2n) is 7.07. The molecule has 27 heavy (non-hydrogen) atoms. The monoisotopic (exact) mass is 370 g/mol. The van der Waals surface area contributed by atoms with Crippen molar-refractivity contribution in [2.24, 2.45) is 5.92 Å². The van der Waals surface area contributed by atoms with Crippen LogP contribution in [0.4, 0.5) is 5.69 Å². The number of aromatic nitrogens is 1. The number of hydrogen-bond donors (Lipinski definition) is 1. The number of anilines is 1. The minimum absolute atomic E-state index is 0.0954. The lowest BCUT2D eigenvalue weighted by Crippen LogP contribution is -2.43. The van der Waals surface area contributed by atoms with E-state index in [1.165, 1.54) is 5.56 Å². The van der Waals surface area contributed by atoms with Gasteiger partial charge in [0.25, 0.3) is 0 Å². The molecule has 1 aromatic heterocycles. The fourth-order valence-electron chi connectivity index (χ4n) is 3.10. The van der Waals surface area contributed by atoms with Crippen LogP contribution in [0.3, 0.4) is 0 Å². The molecule has 1 aromatic carbocycles. The summed E-state index contributed by atoms with van der Waals surface area (Å²) in [5.41, 5.74) is 3.30. The molecule has 1 saturated heterocycles. The molecular weight excluding hydrogens is 344 g/mol. The highest BCUT2D eigenvalue weighted by Gasteiger charge is 2.25. The molecule has 1 N–H and O–H groups in total. The molecule has 1 aliphatic rings. The van der Waals surface area contributed by atoms with Crippen molar-refractivity contribution < 1.29 is 19.4 Å². The fourth-order valence-corrected chi connectivity index (χ4v) is 3.10. The highest BCUT2D eigenvalue weighted by atomic mass is 16.5. The van der Waals surface area contributed by atoms with E-state index in [2.05, 4.69) is 41.1 Å². The molecule has 2 aromatic rings. The highest BCUT2D eigenvalue weighted by molar-refractivity contribution is 5.69. The minimum atomic E-state index is -0.788. The summed E-state index contributed by atoms with van der Waals surface area (Å²) >= 11 is 0. The third-order valence-corrected chi connectivity index (χ3v) is 4.77. The van der Waals surface area contributed by atoms with Gasteiger partial charge < -0.3 is 19.5 Å². The van der Waals surface area contributed by atoms with Crippen LogP contribution in [0.2, 0.25) is 0 Å². The maximum absolute atomic E-state index is 11.1. The average molecular weight is 370 g/mol. The quantitative estimate of drug-likeness (QED) is 0.806. The average Bonchev–Trinajstić information content (AvgIpc) is 2.68. The smallest absolute Gasteiger partial charge is 0.306 e. The first-order valence-corrected chi connectivity index (χ1v) is 9.24.